The number of aliphatic hydroxyl groups excluding tert-OH is 1. The van der Waals surface area contributed by atoms with Crippen molar-refractivity contribution in [2.24, 2.45) is 17.6 Å². The van der Waals surface area contributed by atoms with Gasteiger partial charge in [-0.05, 0) is 104 Å². The highest BCUT2D eigenvalue weighted by Gasteiger charge is 2.36. The van der Waals surface area contributed by atoms with Crippen molar-refractivity contribution in [3.8, 4) is 0 Å². The molecule has 0 radical (unpaired) electrons. The maximum atomic E-state index is 9.53. The molecule has 1 aromatic heterocycles. The van der Waals surface area contributed by atoms with E-state index in [2.05, 4.69) is 54.5 Å². The largest absolute Gasteiger partial charge is 0.394 e. The van der Waals surface area contributed by atoms with Crippen LogP contribution in [0, 0.1) is 11.8 Å². The summed E-state index contributed by atoms with van der Waals surface area (Å²) in [5.41, 5.74) is 11.4. The van der Waals surface area contributed by atoms with E-state index in [4.69, 9.17) is 5.73 Å². The number of aryl methyl sites for hydroxylation is 1. The lowest BCUT2D eigenvalue weighted by Gasteiger charge is -2.27. The SMILES string of the molecule is C=C(/C=C1/CC[C@@H](CSCCc2ccncc2)C/C1=C/C)[C@H]1CC[C@](N)(CO)C1. The number of aliphatic hydroxyl groups is 1. The van der Waals surface area contributed by atoms with Crippen LogP contribution in [0.2, 0.25) is 0 Å². The maximum absolute atomic E-state index is 9.53. The number of rotatable bonds is 8. The van der Waals surface area contributed by atoms with Crippen LogP contribution in [0.15, 0.2) is 60.0 Å². The molecule has 0 aliphatic heterocycles. The summed E-state index contributed by atoms with van der Waals surface area (Å²) in [5, 5.41) is 9.53. The molecule has 2 aliphatic rings. The number of pyridine rings is 1. The number of nitrogens with two attached hydrogens (primary N) is 1. The number of hydrogen-bond acceptors (Lipinski definition) is 4. The van der Waals surface area contributed by atoms with Gasteiger partial charge in [-0.2, -0.15) is 11.8 Å². The summed E-state index contributed by atoms with van der Waals surface area (Å²) < 4.78 is 0. The van der Waals surface area contributed by atoms with Gasteiger partial charge in [0.05, 0.1) is 6.61 Å². The Kier molecular flexibility index (Phi) is 8.16. The van der Waals surface area contributed by atoms with Gasteiger partial charge in [0.15, 0.2) is 0 Å². The van der Waals surface area contributed by atoms with Crippen LogP contribution >= 0.6 is 11.8 Å². The van der Waals surface area contributed by atoms with Gasteiger partial charge in [0, 0.05) is 17.9 Å². The molecule has 0 amide bonds. The van der Waals surface area contributed by atoms with Crippen LogP contribution in [0.25, 0.3) is 0 Å². The van der Waals surface area contributed by atoms with Crippen LogP contribution in [-0.2, 0) is 6.42 Å². The molecule has 0 unspecified atom stereocenters. The van der Waals surface area contributed by atoms with Crippen molar-refractivity contribution < 1.29 is 5.11 Å². The molecular formula is C25H36N2OS. The fourth-order valence-corrected chi connectivity index (χ4v) is 5.79. The normalized spacial score (nSPS) is 30.2. The molecule has 158 valence electrons. The number of nitrogens with zero attached hydrogens (tertiary/aromatic N) is 1. The third-order valence-electron chi connectivity index (χ3n) is 6.57. The molecule has 4 heteroatoms. The van der Waals surface area contributed by atoms with Crippen LogP contribution < -0.4 is 5.73 Å². The lowest BCUT2D eigenvalue weighted by Crippen LogP contribution is -2.40. The second-order valence-corrected chi connectivity index (χ2v) is 9.96. The predicted octanol–water partition coefficient (Wildman–Crippen LogP) is 5.08. The van der Waals surface area contributed by atoms with Gasteiger partial charge in [-0.3, -0.25) is 4.98 Å². The highest BCUT2D eigenvalue weighted by atomic mass is 32.2. The van der Waals surface area contributed by atoms with E-state index < -0.39 is 5.54 Å². The van der Waals surface area contributed by atoms with Crippen LogP contribution in [0.5, 0.6) is 0 Å². The summed E-state index contributed by atoms with van der Waals surface area (Å²) in [4.78, 5) is 4.09. The highest BCUT2D eigenvalue weighted by molar-refractivity contribution is 7.99. The quantitative estimate of drug-likeness (QED) is 0.585. The van der Waals surface area contributed by atoms with Crippen molar-refractivity contribution >= 4 is 11.8 Å². The molecule has 0 aromatic carbocycles. The molecule has 0 bridgehead atoms. The maximum Gasteiger partial charge on any atom is 0.0611 e. The second kappa shape index (κ2) is 10.6. The lowest BCUT2D eigenvalue weighted by atomic mass is 9.81. The number of aromatic nitrogens is 1. The minimum atomic E-state index is -0.402. The van der Waals surface area contributed by atoms with E-state index >= 15 is 0 Å². The van der Waals surface area contributed by atoms with Crippen molar-refractivity contribution in [3.05, 3.63) is 65.5 Å². The number of hydrogen-bond donors (Lipinski definition) is 2. The number of allylic oxidation sites excluding steroid dienone is 5. The van der Waals surface area contributed by atoms with E-state index in [1.54, 1.807) is 0 Å². The summed E-state index contributed by atoms with van der Waals surface area (Å²) in [7, 11) is 0. The minimum absolute atomic E-state index is 0.0774. The van der Waals surface area contributed by atoms with Crippen molar-refractivity contribution in [1.29, 1.82) is 0 Å². The van der Waals surface area contributed by atoms with Crippen molar-refractivity contribution in [2.75, 3.05) is 18.1 Å². The lowest BCUT2D eigenvalue weighted by molar-refractivity contribution is 0.197. The summed E-state index contributed by atoms with van der Waals surface area (Å²) in [6.07, 6.45) is 15.9. The first-order chi connectivity index (χ1) is 14.0. The fraction of sp³-hybridized carbons (Fsp3) is 0.560. The van der Waals surface area contributed by atoms with Gasteiger partial charge in [-0.25, -0.2) is 0 Å². The van der Waals surface area contributed by atoms with Gasteiger partial charge in [0.1, 0.15) is 0 Å². The van der Waals surface area contributed by atoms with Gasteiger partial charge in [0.25, 0.3) is 0 Å². The van der Waals surface area contributed by atoms with Gasteiger partial charge in [-0.1, -0.05) is 24.3 Å². The van der Waals surface area contributed by atoms with Gasteiger partial charge in [-0.15, -0.1) is 0 Å². The Balaban J connectivity index is 1.46. The molecule has 3 N–H and O–H groups in total. The Morgan fingerprint density at radius 1 is 1.34 bits per heavy atom. The molecule has 3 nitrogen and oxygen atoms in total. The Bertz CT molecular complexity index is 742. The Morgan fingerprint density at radius 2 is 2.14 bits per heavy atom. The molecule has 0 spiro atoms. The average molecular weight is 413 g/mol. The van der Waals surface area contributed by atoms with E-state index in [1.807, 2.05) is 12.4 Å². The summed E-state index contributed by atoms with van der Waals surface area (Å²) >= 11 is 2.08. The smallest absolute Gasteiger partial charge is 0.0611 e. The Morgan fingerprint density at radius 3 is 2.83 bits per heavy atom. The number of thioether (sulfide) groups is 1. The first kappa shape index (κ1) is 22.3. The third kappa shape index (κ3) is 6.31. The predicted molar refractivity (Wildman–Crippen MR) is 125 cm³/mol. The molecular weight excluding hydrogens is 376 g/mol. The summed E-state index contributed by atoms with van der Waals surface area (Å²) in [5.74, 6) is 3.61. The third-order valence-corrected chi connectivity index (χ3v) is 7.77. The Hall–Kier alpha value is -1.36. The topological polar surface area (TPSA) is 59.1 Å². The van der Waals surface area contributed by atoms with E-state index in [1.165, 1.54) is 46.6 Å². The molecule has 2 saturated carbocycles. The van der Waals surface area contributed by atoms with Crippen LogP contribution in [0.3, 0.4) is 0 Å². The molecule has 2 aliphatic carbocycles. The molecule has 1 heterocycles. The van der Waals surface area contributed by atoms with Gasteiger partial charge in [0.2, 0.25) is 0 Å². The average Bonchev–Trinajstić information content (AvgIpc) is 3.16. The molecule has 3 rings (SSSR count). The summed E-state index contributed by atoms with van der Waals surface area (Å²) in [6.45, 7) is 6.60. The van der Waals surface area contributed by atoms with E-state index in [-0.39, 0.29) is 6.61 Å². The molecule has 3 atom stereocenters. The van der Waals surface area contributed by atoms with Gasteiger partial charge < -0.3 is 10.8 Å². The second-order valence-electron chi connectivity index (χ2n) is 8.81. The van der Waals surface area contributed by atoms with Crippen LogP contribution in [-0.4, -0.2) is 33.7 Å². The minimum Gasteiger partial charge on any atom is -0.394 e. The van der Waals surface area contributed by atoms with E-state index in [0.717, 1.165) is 38.0 Å². The Labute approximate surface area is 180 Å². The van der Waals surface area contributed by atoms with Crippen molar-refractivity contribution in [1.82, 2.24) is 4.98 Å². The zero-order valence-electron chi connectivity index (χ0n) is 17.8. The van der Waals surface area contributed by atoms with Crippen LogP contribution in [0.4, 0.5) is 0 Å². The first-order valence-electron chi connectivity index (χ1n) is 10.9. The molecule has 2 fully saturated rings. The first-order valence-corrected chi connectivity index (χ1v) is 12.1. The van der Waals surface area contributed by atoms with Crippen LogP contribution in [0.1, 0.15) is 51.0 Å². The monoisotopic (exact) mass is 412 g/mol. The molecule has 0 saturated heterocycles. The van der Waals surface area contributed by atoms with E-state index in [9.17, 15) is 5.11 Å². The van der Waals surface area contributed by atoms with Crippen molar-refractivity contribution in [3.63, 3.8) is 0 Å². The zero-order chi connectivity index (χ0) is 20.7. The highest BCUT2D eigenvalue weighted by Crippen LogP contribution is 2.40. The van der Waals surface area contributed by atoms with E-state index in [0.29, 0.717) is 5.92 Å². The summed E-state index contributed by atoms with van der Waals surface area (Å²) in [6, 6.07) is 4.23. The fourth-order valence-electron chi connectivity index (χ4n) is 4.62. The molecule has 29 heavy (non-hydrogen) atoms. The van der Waals surface area contributed by atoms with Crippen molar-refractivity contribution in [2.45, 2.75) is 57.4 Å². The zero-order valence-corrected chi connectivity index (χ0v) is 18.6. The molecule has 1 aromatic rings. The van der Waals surface area contributed by atoms with Gasteiger partial charge >= 0.3 is 0 Å². The standard InChI is InChI=1S/C25H36N2OS/c1-3-22-15-21(17-29-13-9-20-7-11-27-12-8-20)4-5-23(22)14-19(2)24-6-10-25(26,16-24)18-28/h3,7-8,11-12,14,21,24,28H,2,4-6,9-10,13,15-18,26H2,1H3/b22-3-,23-14-/t21-,24+,25-/m1/s1.